The lowest BCUT2D eigenvalue weighted by Crippen LogP contribution is -2.54. The van der Waals surface area contributed by atoms with Crippen LogP contribution in [0.3, 0.4) is 0 Å². The van der Waals surface area contributed by atoms with Crippen LogP contribution in [0.4, 0.5) is 4.79 Å². The van der Waals surface area contributed by atoms with Crippen LogP contribution in [0, 0.1) is 0 Å². The van der Waals surface area contributed by atoms with Gasteiger partial charge in [-0.05, 0) is 29.7 Å². The summed E-state index contributed by atoms with van der Waals surface area (Å²) in [5, 5.41) is 26.5. The van der Waals surface area contributed by atoms with Crippen LogP contribution < -0.4 is 16.0 Å². The van der Waals surface area contributed by atoms with Gasteiger partial charge in [0.15, 0.2) is 0 Å². The number of carbonyl (C=O) groups is 4. The number of aromatic nitrogens is 2. The minimum atomic E-state index is -1.16. The normalized spacial score (nSPS) is 12.1. The third-order valence-electron chi connectivity index (χ3n) is 5.71. The van der Waals surface area contributed by atoms with E-state index >= 15 is 0 Å². The van der Waals surface area contributed by atoms with Crippen LogP contribution in [0.1, 0.15) is 29.7 Å². The van der Waals surface area contributed by atoms with Crippen molar-refractivity contribution in [3.05, 3.63) is 83.9 Å². The van der Waals surface area contributed by atoms with Crippen LogP contribution in [0.25, 0.3) is 0 Å². The highest BCUT2D eigenvalue weighted by Gasteiger charge is 2.28. The Kier molecular flexibility index (Phi) is 10.9. The first-order valence-electron chi connectivity index (χ1n) is 12.3. The van der Waals surface area contributed by atoms with Gasteiger partial charge >= 0.3 is 12.1 Å². The van der Waals surface area contributed by atoms with E-state index in [2.05, 4.69) is 25.9 Å². The first-order chi connectivity index (χ1) is 18.8. The second kappa shape index (κ2) is 14.8. The van der Waals surface area contributed by atoms with Crippen LogP contribution in [0.15, 0.2) is 67.1 Å². The molecule has 3 aromatic rings. The number of hydrogen-bond donors (Lipinski definition) is 6. The number of aromatic amines is 1. The number of amides is 3. The summed E-state index contributed by atoms with van der Waals surface area (Å²) in [4.78, 5) is 56.7. The SMILES string of the molecule is O=C(O)CC[C@H](NC(=O)[C@H](Cc1ccc(O)cc1)NC(=O)OCc1ccccc1)C(=O)NCCc1c[nH]cn1. The molecule has 6 N–H and O–H groups in total. The number of carboxylic acid groups (broad SMARTS) is 1. The molecule has 0 fully saturated rings. The Morgan fingerprint density at radius 2 is 1.67 bits per heavy atom. The Bertz CT molecular complexity index is 1220. The van der Waals surface area contributed by atoms with Gasteiger partial charge in [0.25, 0.3) is 0 Å². The maximum Gasteiger partial charge on any atom is 0.408 e. The number of carboxylic acids is 1. The highest BCUT2D eigenvalue weighted by Crippen LogP contribution is 2.12. The van der Waals surface area contributed by atoms with E-state index in [1.165, 1.54) is 18.5 Å². The second-order valence-corrected chi connectivity index (χ2v) is 8.72. The van der Waals surface area contributed by atoms with Crippen molar-refractivity contribution < 1.29 is 34.1 Å². The molecule has 1 heterocycles. The molecule has 12 heteroatoms. The van der Waals surface area contributed by atoms with Gasteiger partial charge in [0.05, 0.1) is 12.0 Å². The van der Waals surface area contributed by atoms with Crippen LogP contribution in [-0.4, -0.2) is 62.7 Å². The first-order valence-corrected chi connectivity index (χ1v) is 12.3. The Labute approximate surface area is 224 Å². The molecule has 0 bridgehead atoms. The predicted octanol–water partition coefficient (Wildman–Crippen LogP) is 1.66. The maximum absolute atomic E-state index is 13.3. The molecule has 0 aliphatic heterocycles. The molecule has 0 saturated heterocycles. The summed E-state index contributed by atoms with van der Waals surface area (Å²) in [6.07, 6.45) is 2.31. The lowest BCUT2D eigenvalue weighted by molar-refractivity contribution is -0.138. The number of H-pyrrole nitrogens is 1. The van der Waals surface area contributed by atoms with Gasteiger partial charge in [-0.2, -0.15) is 0 Å². The van der Waals surface area contributed by atoms with Crippen molar-refractivity contribution in [2.45, 2.75) is 44.4 Å². The number of nitrogens with one attached hydrogen (secondary N) is 4. The lowest BCUT2D eigenvalue weighted by Gasteiger charge is -2.23. The van der Waals surface area contributed by atoms with Gasteiger partial charge in [0, 0.05) is 32.0 Å². The third-order valence-corrected chi connectivity index (χ3v) is 5.71. The summed E-state index contributed by atoms with van der Waals surface area (Å²) in [6, 6.07) is 12.8. The van der Waals surface area contributed by atoms with Crippen LogP contribution in [0.2, 0.25) is 0 Å². The molecule has 2 aromatic carbocycles. The number of rotatable bonds is 14. The fourth-order valence-electron chi connectivity index (χ4n) is 3.66. The van der Waals surface area contributed by atoms with Crippen LogP contribution in [0.5, 0.6) is 5.75 Å². The molecule has 0 radical (unpaired) electrons. The quantitative estimate of drug-likeness (QED) is 0.179. The average molecular weight is 538 g/mol. The fourth-order valence-corrected chi connectivity index (χ4v) is 3.66. The molecule has 3 rings (SSSR count). The molecule has 206 valence electrons. The van der Waals surface area contributed by atoms with E-state index in [1.807, 2.05) is 6.07 Å². The largest absolute Gasteiger partial charge is 0.508 e. The van der Waals surface area contributed by atoms with Gasteiger partial charge in [-0.15, -0.1) is 0 Å². The minimum Gasteiger partial charge on any atom is -0.508 e. The smallest absolute Gasteiger partial charge is 0.408 e. The van der Waals surface area contributed by atoms with Crippen molar-refractivity contribution in [3.8, 4) is 5.75 Å². The van der Waals surface area contributed by atoms with E-state index in [-0.39, 0.29) is 38.2 Å². The lowest BCUT2D eigenvalue weighted by atomic mass is 10.0. The molecule has 12 nitrogen and oxygen atoms in total. The standard InChI is InChI=1S/C27H31N5O7/c33-21-8-6-18(7-9-21)14-23(32-27(38)39-16-19-4-2-1-3-5-19)26(37)31-22(10-11-24(34)35)25(36)29-13-12-20-15-28-17-30-20/h1-9,15,17,22-23,33H,10-14,16H2,(H,28,30)(H,29,36)(H,31,37)(H,32,38)(H,34,35)/t22-,23-/m0/s1. The molecular formula is C27H31N5O7. The molecule has 0 saturated carbocycles. The van der Waals surface area contributed by atoms with E-state index in [9.17, 15) is 24.3 Å². The van der Waals surface area contributed by atoms with Crippen LogP contribution >= 0.6 is 0 Å². The second-order valence-electron chi connectivity index (χ2n) is 8.72. The van der Waals surface area contributed by atoms with Crippen molar-refractivity contribution in [2.24, 2.45) is 0 Å². The number of aromatic hydroxyl groups is 1. The predicted molar refractivity (Wildman–Crippen MR) is 139 cm³/mol. The number of alkyl carbamates (subject to hydrolysis) is 1. The summed E-state index contributed by atoms with van der Waals surface area (Å²) in [5.74, 6) is -2.34. The summed E-state index contributed by atoms with van der Waals surface area (Å²) in [7, 11) is 0. The van der Waals surface area contributed by atoms with Gasteiger partial charge in [-0.25, -0.2) is 9.78 Å². The van der Waals surface area contributed by atoms with E-state index in [4.69, 9.17) is 9.84 Å². The molecule has 1 aromatic heterocycles. The zero-order chi connectivity index (χ0) is 28.0. The van der Waals surface area contributed by atoms with Gasteiger partial charge in [-0.3, -0.25) is 14.4 Å². The number of phenolic OH excluding ortho intramolecular Hbond substituents is 1. The number of nitrogens with zero attached hydrogens (tertiary/aromatic N) is 1. The molecule has 3 amide bonds. The summed E-state index contributed by atoms with van der Waals surface area (Å²) < 4.78 is 5.25. The van der Waals surface area contributed by atoms with Crippen molar-refractivity contribution in [2.75, 3.05) is 6.54 Å². The monoisotopic (exact) mass is 537 g/mol. The Balaban J connectivity index is 1.67. The van der Waals surface area contributed by atoms with Crippen molar-refractivity contribution in [3.63, 3.8) is 0 Å². The van der Waals surface area contributed by atoms with Crippen LogP contribution in [-0.2, 0) is 38.6 Å². The molecular weight excluding hydrogens is 506 g/mol. The Morgan fingerprint density at radius 1 is 0.923 bits per heavy atom. The maximum atomic E-state index is 13.3. The molecule has 39 heavy (non-hydrogen) atoms. The minimum absolute atomic E-state index is 0.0140. The zero-order valence-electron chi connectivity index (χ0n) is 21.1. The van der Waals surface area contributed by atoms with Gasteiger partial charge in [0.1, 0.15) is 24.4 Å². The number of carbonyl (C=O) groups excluding carboxylic acids is 3. The number of aliphatic carboxylic acids is 1. The zero-order valence-corrected chi connectivity index (χ0v) is 21.1. The number of phenols is 1. The van der Waals surface area contributed by atoms with E-state index in [0.717, 1.165) is 11.3 Å². The first kappa shape index (κ1) is 28.7. The summed E-state index contributed by atoms with van der Waals surface area (Å²) in [5.41, 5.74) is 2.11. The van der Waals surface area contributed by atoms with E-state index in [1.54, 1.807) is 42.6 Å². The van der Waals surface area contributed by atoms with Crippen molar-refractivity contribution >= 4 is 23.9 Å². The van der Waals surface area contributed by atoms with E-state index < -0.39 is 36.0 Å². The molecule has 0 aliphatic carbocycles. The molecule has 0 unspecified atom stereocenters. The molecule has 2 atom stereocenters. The van der Waals surface area contributed by atoms with Gasteiger partial charge < -0.3 is 35.9 Å². The highest BCUT2D eigenvalue weighted by atomic mass is 16.5. The number of hydrogen-bond acceptors (Lipinski definition) is 7. The Morgan fingerprint density at radius 3 is 2.33 bits per heavy atom. The molecule has 0 spiro atoms. The summed E-state index contributed by atoms with van der Waals surface area (Å²) >= 11 is 0. The summed E-state index contributed by atoms with van der Waals surface area (Å²) in [6.45, 7) is 0.212. The van der Waals surface area contributed by atoms with Gasteiger partial charge in [-0.1, -0.05) is 42.5 Å². The topological polar surface area (TPSA) is 183 Å². The van der Waals surface area contributed by atoms with Crippen molar-refractivity contribution in [1.82, 2.24) is 25.9 Å². The van der Waals surface area contributed by atoms with Crippen molar-refractivity contribution in [1.29, 1.82) is 0 Å². The number of imidazole rings is 1. The third kappa shape index (κ3) is 10.2. The Hall–Kier alpha value is -4.87. The van der Waals surface area contributed by atoms with Gasteiger partial charge in [0.2, 0.25) is 11.8 Å². The number of ether oxygens (including phenoxy) is 1. The number of benzene rings is 2. The fraction of sp³-hybridized carbons (Fsp3) is 0.296. The van der Waals surface area contributed by atoms with E-state index in [0.29, 0.717) is 12.0 Å². The average Bonchev–Trinajstić information content (AvgIpc) is 3.44. The highest BCUT2D eigenvalue weighted by molar-refractivity contribution is 5.91. The molecule has 0 aliphatic rings.